The number of thiophene rings is 2. The second kappa shape index (κ2) is 9.33. The third kappa shape index (κ3) is 5.60. The van der Waals surface area contributed by atoms with Gasteiger partial charge in [0.1, 0.15) is 22.4 Å². The molecule has 8 nitrogen and oxygen atoms in total. The van der Waals surface area contributed by atoms with Crippen LogP contribution >= 0.6 is 34.2 Å². The van der Waals surface area contributed by atoms with Crippen LogP contribution in [0.3, 0.4) is 0 Å². The van der Waals surface area contributed by atoms with Crippen molar-refractivity contribution in [1.29, 1.82) is 0 Å². The molecule has 1 atom stereocenters. The van der Waals surface area contributed by atoms with Gasteiger partial charge in [-0.05, 0) is 56.2 Å². The topological polar surface area (TPSA) is 109 Å². The molecule has 2 amide bonds. The van der Waals surface area contributed by atoms with E-state index in [1.807, 2.05) is 24.4 Å². The quantitative estimate of drug-likeness (QED) is 0.457. The van der Waals surface area contributed by atoms with Gasteiger partial charge >= 0.3 is 12.2 Å². The highest BCUT2D eigenvalue weighted by molar-refractivity contribution is 7.25. The standard InChI is InChI=1S/C20H23N3O5S3/c1-11-14(8-12(10-24)21-18(25)28-20(2,3)4)30-16-15(11)22-31-17(16)23(19(26)27)9-13-6-5-7-29-13/h5-7,10,12H,8-9H2,1-4H3,(H,21,25)(H,26,27)/t12-/m1/s1. The molecule has 3 heterocycles. The summed E-state index contributed by atoms with van der Waals surface area (Å²) in [6.07, 6.45) is -0.765. The summed E-state index contributed by atoms with van der Waals surface area (Å²) in [6, 6.07) is 3.01. The fourth-order valence-electron chi connectivity index (χ4n) is 2.88. The molecule has 3 aromatic heterocycles. The van der Waals surface area contributed by atoms with E-state index in [1.54, 1.807) is 20.8 Å². The number of anilines is 1. The third-order valence-corrected chi connectivity index (χ3v) is 7.44. The first-order valence-electron chi connectivity index (χ1n) is 9.44. The van der Waals surface area contributed by atoms with Crippen molar-refractivity contribution in [1.82, 2.24) is 9.69 Å². The van der Waals surface area contributed by atoms with Gasteiger partial charge < -0.3 is 20.0 Å². The van der Waals surface area contributed by atoms with Gasteiger partial charge in [0.25, 0.3) is 0 Å². The van der Waals surface area contributed by atoms with Crippen molar-refractivity contribution in [2.45, 2.75) is 52.3 Å². The maximum absolute atomic E-state index is 12.0. The minimum Gasteiger partial charge on any atom is -0.465 e. The number of carbonyl (C=O) groups excluding carboxylic acids is 2. The van der Waals surface area contributed by atoms with Gasteiger partial charge in [-0.1, -0.05) is 6.07 Å². The molecule has 0 unspecified atom stereocenters. The molecule has 0 radical (unpaired) electrons. The molecular formula is C20H23N3O5S3. The highest BCUT2D eigenvalue weighted by Gasteiger charge is 2.26. The molecule has 0 aromatic carbocycles. The zero-order valence-electron chi connectivity index (χ0n) is 17.5. The summed E-state index contributed by atoms with van der Waals surface area (Å²) >= 11 is 4.03. The second-order valence-corrected chi connectivity index (χ2v) is 10.7. The van der Waals surface area contributed by atoms with Gasteiger partial charge in [-0.25, -0.2) is 9.59 Å². The Bertz CT molecular complexity index is 1080. The summed E-state index contributed by atoms with van der Waals surface area (Å²) in [5.41, 5.74) is 0.932. The zero-order valence-corrected chi connectivity index (χ0v) is 19.9. The van der Waals surface area contributed by atoms with Crippen LogP contribution in [0.4, 0.5) is 14.6 Å². The van der Waals surface area contributed by atoms with Crippen molar-refractivity contribution in [2.24, 2.45) is 0 Å². The van der Waals surface area contributed by atoms with Gasteiger partial charge in [-0.2, -0.15) is 4.37 Å². The third-order valence-electron chi connectivity index (χ3n) is 4.27. The van der Waals surface area contributed by atoms with Gasteiger partial charge in [0.05, 0.1) is 17.3 Å². The maximum Gasteiger partial charge on any atom is 0.412 e. The van der Waals surface area contributed by atoms with Crippen molar-refractivity contribution < 1.29 is 24.2 Å². The van der Waals surface area contributed by atoms with Crippen LogP contribution in [-0.4, -0.2) is 39.6 Å². The molecule has 0 fully saturated rings. The second-order valence-electron chi connectivity index (χ2n) is 7.86. The van der Waals surface area contributed by atoms with Crippen molar-refractivity contribution >= 4 is 67.9 Å². The van der Waals surface area contributed by atoms with Crippen molar-refractivity contribution in [3.8, 4) is 0 Å². The van der Waals surface area contributed by atoms with E-state index in [0.29, 0.717) is 11.3 Å². The lowest BCUT2D eigenvalue weighted by Crippen LogP contribution is -2.41. The summed E-state index contributed by atoms with van der Waals surface area (Å²) in [7, 11) is 0. The number of nitrogens with one attached hydrogen (secondary N) is 1. The number of ether oxygens (including phenoxy) is 1. The summed E-state index contributed by atoms with van der Waals surface area (Å²) in [6.45, 7) is 7.37. The summed E-state index contributed by atoms with van der Waals surface area (Å²) < 4.78 is 10.4. The van der Waals surface area contributed by atoms with E-state index in [4.69, 9.17) is 4.74 Å². The molecule has 0 saturated heterocycles. The highest BCUT2D eigenvalue weighted by atomic mass is 32.1. The number of hydrogen-bond donors (Lipinski definition) is 2. The molecule has 0 aliphatic rings. The minimum atomic E-state index is -1.05. The number of nitrogens with zero attached hydrogens (tertiary/aromatic N) is 2. The largest absolute Gasteiger partial charge is 0.465 e. The Kier molecular flexibility index (Phi) is 6.97. The van der Waals surface area contributed by atoms with E-state index >= 15 is 0 Å². The van der Waals surface area contributed by atoms with E-state index in [-0.39, 0.29) is 13.0 Å². The average molecular weight is 482 g/mol. The van der Waals surface area contributed by atoms with Gasteiger partial charge in [-0.3, -0.25) is 4.90 Å². The monoisotopic (exact) mass is 481 g/mol. The van der Waals surface area contributed by atoms with Crippen LogP contribution in [0.5, 0.6) is 0 Å². The number of aryl methyl sites for hydroxylation is 1. The SMILES string of the molecule is Cc1c(C[C@H](C=O)NC(=O)OC(C)(C)C)sc2c(N(Cc3cccs3)C(=O)O)snc12. The number of carboxylic acid groups (broad SMARTS) is 1. The first kappa shape index (κ1) is 23.2. The van der Waals surface area contributed by atoms with Crippen LogP contribution in [0.2, 0.25) is 0 Å². The molecule has 3 rings (SSSR count). The predicted octanol–water partition coefficient (Wildman–Crippen LogP) is 5.05. The Balaban J connectivity index is 1.84. The molecular weight excluding hydrogens is 458 g/mol. The number of aromatic nitrogens is 1. The number of alkyl carbamates (subject to hydrolysis) is 1. The van der Waals surface area contributed by atoms with Crippen LogP contribution in [-0.2, 0) is 22.5 Å². The minimum absolute atomic E-state index is 0.244. The molecule has 0 bridgehead atoms. The molecule has 3 aromatic rings. The first-order valence-corrected chi connectivity index (χ1v) is 11.9. The molecule has 0 aliphatic heterocycles. The summed E-state index contributed by atoms with van der Waals surface area (Å²) in [5, 5.41) is 14.8. The van der Waals surface area contributed by atoms with Gasteiger partial charge in [0.2, 0.25) is 0 Å². The Morgan fingerprint density at radius 1 is 1.39 bits per heavy atom. The van der Waals surface area contributed by atoms with Crippen LogP contribution < -0.4 is 10.2 Å². The molecule has 2 N–H and O–H groups in total. The Labute approximate surface area is 191 Å². The number of amides is 2. The summed E-state index contributed by atoms with van der Waals surface area (Å²) in [4.78, 5) is 38.6. The van der Waals surface area contributed by atoms with Crippen LogP contribution in [0.25, 0.3) is 10.2 Å². The zero-order chi connectivity index (χ0) is 22.8. The van der Waals surface area contributed by atoms with Crippen molar-refractivity contribution in [2.75, 3.05) is 4.90 Å². The van der Waals surface area contributed by atoms with Crippen molar-refractivity contribution in [3.05, 3.63) is 32.8 Å². The number of carbonyl (C=O) groups is 3. The van der Waals surface area contributed by atoms with Crippen molar-refractivity contribution in [3.63, 3.8) is 0 Å². The van der Waals surface area contributed by atoms with E-state index in [9.17, 15) is 19.5 Å². The van der Waals surface area contributed by atoms with E-state index < -0.39 is 23.8 Å². The van der Waals surface area contributed by atoms with E-state index in [0.717, 1.165) is 37.1 Å². The van der Waals surface area contributed by atoms with Gasteiger partial charge in [0, 0.05) is 16.2 Å². The lowest BCUT2D eigenvalue weighted by molar-refractivity contribution is -0.109. The normalized spacial score (nSPS) is 12.5. The number of rotatable bonds is 7. The Hall–Kier alpha value is -2.50. The smallest absolute Gasteiger partial charge is 0.412 e. The average Bonchev–Trinajstić information content (AvgIpc) is 3.37. The predicted molar refractivity (Wildman–Crippen MR) is 124 cm³/mol. The first-order chi connectivity index (χ1) is 14.6. The molecule has 31 heavy (non-hydrogen) atoms. The highest BCUT2D eigenvalue weighted by Crippen LogP contribution is 2.41. The summed E-state index contributed by atoms with van der Waals surface area (Å²) in [5.74, 6) is 0. The fraction of sp³-hybridized carbons (Fsp3) is 0.400. The van der Waals surface area contributed by atoms with Gasteiger partial charge in [-0.15, -0.1) is 22.7 Å². The molecule has 11 heteroatoms. The molecule has 0 spiro atoms. The molecule has 166 valence electrons. The Morgan fingerprint density at radius 3 is 2.71 bits per heavy atom. The maximum atomic E-state index is 12.0. The lowest BCUT2D eigenvalue weighted by atomic mass is 10.1. The lowest BCUT2D eigenvalue weighted by Gasteiger charge is -2.21. The number of fused-ring (bicyclic) bond motifs is 1. The van der Waals surface area contributed by atoms with Crippen LogP contribution in [0.1, 0.15) is 36.1 Å². The number of hydrogen-bond acceptors (Lipinski definition) is 8. The van der Waals surface area contributed by atoms with E-state index in [1.165, 1.54) is 27.6 Å². The van der Waals surface area contributed by atoms with E-state index in [2.05, 4.69) is 9.69 Å². The van der Waals surface area contributed by atoms with Gasteiger partial charge in [0.15, 0.2) is 0 Å². The molecule has 0 saturated carbocycles. The van der Waals surface area contributed by atoms with Crippen LogP contribution in [0, 0.1) is 6.92 Å². The van der Waals surface area contributed by atoms with Crippen LogP contribution in [0.15, 0.2) is 17.5 Å². The fourth-order valence-corrected chi connectivity index (χ4v) is 5.94. The Morgan fingerprint density at radius 2 is 2.13 bits per heavy atom. The molecule has 0 aliphatic carbocycles. The number of aldehydes is 1.